The molecule has 2 aliphatic heterocycles. The lowest BCUT2D eigenvalue weighted by atomic mass is 9.78. The highest BCUT2D eigenvalue weighted by molar-refractivity contribution is 5.14. The van der Waals surface area contributed by atoms with Gasteiger partial charge < -0.3 is 5.32 Å². The van der Waals surface area contributed by atoms with E-state index < -0.39 is 0 Å². The molecular formula is C22H35N3. The number of benzene rings is 1. The predicted molar refractivity (Wildman–Crippen MR) is 105 cm³/mol. The molecule has 2 heterocycles. The average Bonchev–Trinajstić information content (AvgIpc) is 3.01. The number of nitrogens with one attached hydrogen (secondary N) is 1. The molecule has 0 amide bonds. The predicted octanol–water partition coefficient (Wildman–Crippen LogP) is 3.51. The molecule has 3 heteroatoms. The number of nitrogens with zero attached hydrogens (tertiary/aromatic N) is 2. The van der Waals surface area contributed by atoms with Crippen molar-refractivity contribution < 1.29 is 0 Å². The van der Waals surface area contributed by atoms with Gasteiger partial charge in [-0.1, -0.05) is 30.3 Å². The Morgan fingerprint density at radius 2 is 1.80 bits per heavy atom. The first kappa shape index (κ1) is 17.5. The lowest BCUT2D eigenvalue weighted by Crippen LogP contribution is -2.56. The van der Waals surface area contributed by atoms with Crippen LogP contribution in [0.15, 0.2) is 30.3 Å². The van der Waals surface area contributed by atoms with E-state index in [1.54, 1.807) is 0 Å². The van der Waals surface area contributed by atoms with Gasteiger partial charge in [0.1, 0.15) is 0 Å². The third-order valence-corrected chi connectivity index (χ3v) is 7.00. The molecule has 3 fully saturated rings. The Hall–Kier alpha value is -0.900. The van der Waals surface area contributed by atoms with Crippen LogP contribution in [-0.4, -0.2) is 54.1 Å². The summed E-state index contributed by atoms with van der Waals surface area (Å²) in [7, 11) is 0. The van der Waals surface area contributed by atoms with E-state index in [9.17, 15) is 0 Å². The van der Waals surface area contributed by atoms with Crippen molar-refractivity contribution >= 4 is 0 Å². The first-order valence-corrected chi connectivity index (χ1v) is 10.5. The molecule has 1 aromatic rings. The molecule has 25 heavy (non-hydrogen) atoms. The van der Waals surface area contributed by atoms with Gasteiger partial charge in [0.2, 0.25) is 0 Å². The number of hydrogen-bond donors (Lipinski definition) is 1. The molecule has 0 aromatic heterocycles. The molecule has 1 aliphatic carbocycles. The van der Waals surface area contributed by atoms with Crippen molar-refractivity contribution in [2.75, 3.05) is 32.7 Å². The molecule has 0 unspecified atom stereocenters. The van der Waals surface area contributed by atoms with E-state index in [2.05, 4.69) is 52.4 Å². The highest BCUT2D eigenvalue weighted by Crippen LogP contribution is 2.36. The van der Waals surface area contributed by atoms with Gasteiger partial charge in [0.15, 0.2) is 0 Å². The maximum atomic E-state index is 3.92. The second kappa shape index (κ2) is 7.77. The van der Waals surface area contributed by atoms with Crippen LogP contribution >= 0.6 is 0 Å². The summed E-state index contributed by atoms with van der Waals surface area (Å²) in [6.45, 7) is 10.0. The van der Waals surface area contributed by atoms with Crippen LogP contribution < -0.4 is 5.32 Å². The molecule has 1 aromatic carbocycles. The number of rotatable bonds is 6. The van der Waals surface area contributed by atoms with Crippen LogP contribution in [0.2, 0.25) is 0 Å². The molecule has 4 rings (SSSR count). The second-order valence-corrected chi connectivity index (χ2v) is 8.90. The quantitative estimate of drug-likeness (QED) is 0.854. The molecule has 2 saturated heterocycles. The maximum absolute atomic E-state index is 3.92. The zero-order valence-electron chi connectivity index (χ0n) is 15.9. The number of likely N-dealkylation sites (tertiary alicyclic amines) is 2. The topological polar surface area (TPSA) is 18.5 Å². The van der Waals surface area contributed by atoms with E-state index in [1.807, 2.05) is 0 Å². The van der Waals surface area contributed by atoms with Crippen LogP contribution in [0.3, 0.4) is 0 Å². The molecule has 3 aliphatic rings. The Kier molecular flexibility index (Phi) is 5.44. The summed E-state index contributed by atoms with van der Waals surface area (Å²) in [6, 6.07) is 11.7. The Balaban J connectivity index is 1.16. The van der Waals surface area contributed by atoms with E-state index >= 15 is 0 Å². The minimum atomic E-state index is 0.510. The van der Waals surface area contributed by atoms with Crippen LogP contribution in [0.5, 0.6) is 0 Å². The molecule has 0 radical (unpaired) electrons. The van der Waals surface area contributed by atoms with Crippen molar-refractivity contribution in [3.05, 3.63) is 35.9 Å². The van der Waals surface area contributed by atoms with Crippen molar-refractivity contribution in [1.82, 2.24) is 15.1 Å². The largest absolute Gasteiger partial charge is 0.314 e. The van der Waals surface area contributed by atoms with Crippen molar-refractivity contribution in [2.45, 2.75) is 63.6 Å². The monoisotopic (exact) mass is 341 g/mol. The average molecular weight is 342 g/mol. The van der Waals surface area contributed by atoms with Crippen LogP contribution in [0, 0.1) is 5.92 Å². The molecule has 0 spiro atoms. The Morgan fingerprint density at radius 1 is 1.04 bits per heavy atom. The summed E-state index contributed by atoms with van der Waals surface area (Å²) < 4.78 is 0. The zero-order valence-corrected chi connectivity index (χ0v) is 15.9. The fourth-order valence-corrected chi connectivity index (χ4v) is 5.01. The van der Waals surface area contributed by atoms with Crippen molar-refractivity contribution in [3.63, 3.8) is 0 Å². The second-order valence-electron chi connectivity index (χ2n) is 8.90. The Labute approximate surface area is 153 Å². The molecule has 1 N–H and O–H groups in total. The minimum Gasteiger partial charge on any atom is -0.314 e. The fourth-order valence-electron chi connectivity index (χ4n) is 5.01. The smallest absolute Gasteiger partial charge is 0.0233 e. The van der Waals surface area contributed by atoms with Gasteiger partial charge in [0.05, 0.1) is 0 Å². The maximum Gasteiger partial charge on any atom is 0.0233 e. The van der Waals surface area contributed by atoms with E-state index in [1.165, 1.54) is 76.8 Å². The zero-order chi connectivity index (χ0) is 17.1. The Bertz CT molecular complexity index is 531. The van der Waals surface area contributed by atoms with Crippen LogP contribution in [0.1, 0.15) is 51.0 Å². The molecular weight excluding hydrogens is 306 g/mol. The molecule has 1 saturated carbocycles. The SMILES string of the molecule is CC1(N2CCC2)CCC(NC[C@H]2CCN(Cc3ccccc3)C2)CC1. The Morgan fingerprint density at radius 3 is 2.48 bits per heavy atom. The molecule has 138 valence electrons. The summed E-state index contributed by atoms with van der Waals surface area (Å²) in [6.07, 6.45) is 8.28. The van der Waals surface area contributed by atoms with Crippen LogP contribution in [0.4, 0.5) is 0 Å². The standard InChI is InChI=1S/C22H35N3/c1-22(25-13-5-14-25)11-8-21(9-12-22)23-16-20-10-15-24(18-20)17-19-6-3-2-4-7-19/h2-4,6-7,20-21,23H,5,8-18H2,1H3/t20-,21?,22?/m1/s1. The summed E-state index contributed by atoms with van der Waals surface area (Å²) in [5.41, 5.74) is 1.96. The summed E-state index contributed by atoms with van der Waals surface area (Å²) in [5.74, 6) is 0.840. The van der Waals surface area contributed by atoms with Gasteiger partial charge >= 0.3 is 0 Å². The van der Waals surface area contributed by atoms with Gasteiger partial charge in [-0.3, -0.25) is 9.80 Å². The highest BCUT2D eigenvalue weighted by Gasteiger charge is 2.38. The van der Waals surface area contributed by atoms with Crippen molar-refractivity contribution in [2.24, 2.45) is 5.92 Å². The lowest BCUT2D eigenvalue weighted by molar-refractivity contribution is 0.00846. The van der Waals surface area contributed by atoms with Gasteiger partial charge in [-0.05, 0) is 83.1 Å². The normalized spacial score (nSPS) is 34.1. The fraction of sp³-hybridized carbons (Fsp3) is 0.727. The van der Waals surface area contributed by atoms with Crippen LogP contribution in [-0.2, 0) is 6.54 Å². The molecule has 3 nitrogen and oxygen atoms in total. The number of hydrogen-bond acceptors (Lipinski definition) is 3. The highest BCUT2D eigenvalue weighted by atomic mass is 15.2. The first-order valence-electron chi connectivity index (χ1n) is 10.5. The van der Waals surface area contributed by atoms with Gasteiger partial charge in [0, 0.05) is 24.7 Å². The first-order chi connectivity index (χ1) is 12.2. The molecule has 1 atom stereocenters. The van der Waals surface area contributed by atoms with E-state index in [-0.39, 0.29) is 0 Å². The van der Waals surface area contributed by atoms with Crippen molar-refractivity contribution in [3.8, 4) is 0 Å². The van der Waals surface area contributed by atoms with Gasteiger partial charge in [-0.15, -0.1) is 0 Å². The van der Waals surface area contributed by atoms with E-state index in [4.69, 9.17) is 0 Å². The molecule has 0 bridgehead atoms. The van der Waals surface area contributed by atoms with Gasteiger partial charge in [-0.2, -0.15) is 0 Å². The lowest BCUT2D eigenvalue weighted by Gasteiger charge is -2.50. The van der Waals surface area contributed by atoms with Crippen molar-refractivity contribution in [1.29, 1.82) is 0 Å². The summed E-state index contributed by atoms with van der Waals surface area (Å²) in [4.78, 5) is 5.35. The van der Waals surface area contributed by atoms with E-state index in [0.717, 1.165) is 18.5 Å². The van der Waals surface area contributed by atoms with E-state index in [0.29, 0.717) is 5.54 Å². The third kappa shape index (κ3) is 4.27. The third-order valence-electron chi connectivity index (χ3n) is 7.00. The van der Waals surface area contributed by atoms with Gasteiger partial charge in [0.25, 0.3) is 0 Å². The minimum absolute atomic E-state index is 0.510. The van der Waals surface area contributed by atoms with Gasteiger partial charge in [-0.25, -0.2) is 0 Å². The summed E-state index contributed by atoms with van der Waals surface area (Å²) >= 11 is 0. The van der Waals surface area contributed by atoms with Crippen LogP contribution in [0.25, 0.3) is 0 Å². The summed E-state index contributed by atoms with van der Waals surface area (Å²) in [5, 5.41) is 3.92.